The SMILES string of the molecule is COc1cc(NCc2cccc(NC(C)=O)c2)ccc1[N+](=O)[O-]. The molecule has 0 atom stereocenters. The molecule has 0 aromatic heterocycles. The third-order valence-electron chi connectivity index (χ3n) is 3.12. The van der Waals surface area contributed by atoms with E-state index in [4.69, 9.17) is 4.74 Å². The minimum absolute atomic E-state index is 0.0781. The zero-order valence-electron chi connectivity index (χ0n) is 12.8. The van der Waals surface area contributed by atoms with Gasteiger partial charge in [0, 0.05) is 37.0 Å². The van der Waals surface area contributed by atoms with Crippen molar-refractivity contribution in [3.8, 4) is 5.75 Å². The molecule has 2 N–H and O–H groups in total. The van der Waals surface area contributed by atoms with Crippen molar-refractivity contribution in [3.63, 3.8) is 0 Å². The van der Waals surface area contributed by atoms with Gasteiger partial charge in [0.25, 0.3) is 0 Å². The molecule has 2 rings (SSSR count). The Morgan fingerprint density at radius 1 is 1.22 bits per heavy atom. The van der Waals surface area contributed by atoms with Crippen LogP contribution in [0.5, 0.6) is 5.75 Å². The van der Waals surface area contributed by atoms with Crippen LogP contribution in [0.1, 0.15) is 12.5 Å². The van der Waals surface area contributed by atoms with Crippen molar-refractivity contribution in [2.24, 2.45) is 0 Å². The lowest BCUT2D eigenvalue weighted by Gasteiger charge is -2.10. The molecule has 0 saturated heterocycles. The van der Waals surface area contributed by atoms with E-state index in [1.807, 2.05) is 18.2 Å². The zero-order valence-corrected chi connectivity index (χ0v) is 12.8. The summed E-state index contributed by atoms with van der Waals surface area (Å²) in [4.78, 5) is 21.4. The lowest BCUT2D eigenvalue weighted by atomic mass is 10.2. The van der Waals surface area contributed by atoms with Gasteiger partial charge < -0.3 is 15.4 Å². The standard InChI is InChI=1S/C16H17N3O4/c1-11(20)18-14-5-3-4-12(8-14)10-17-13-6-7-15(19(21)22)16(9-13)23-2/h3-9,17H,10H2,1-2H3,(H,18,20). The molecule has 7 heteroatoms. The molecule has 0 unspecified atom stereocenters. The lowest BCUT2D eigenvalue weighted by Crippen LogP contribution is -2.06. The van der Waals surface area contributed by atoms with Gasteiger partial charge in [-0.05, 0) is 23.8 Å². The normalized spacial score (nSPS) is 10.0. The minimum Gasteiger partial charge on any atom is -0.490 e. The van der Waals surface area contributed by atoms with Gasteiger partial charge in [0.15, 0.2) is 5.75 Å². The van der Waals surface area contributed by atoms with E-state index in [0.717, 1.165) is 11.3 Å². The highest BCUT2D eigenvalue weighted by atomic mass is 16.6. The van der Waals surface area contributed by atoms with Crippen LogP contribution in [0.25, 0.3) is 0 Å². The second kappa shape index (κ2) is 7.26. The smallest absolute Gasteiger partial charge is 0.311 e. The van der Waals surface area contributed by atoms with E-state index in [2.05, 4.69) is 10.6 Å². The number of rotatable bonds is 6. The number of carbonyl (C=O) groups is 1. The molecule has 2 aromatic rings. The van der Waals surface area contributed by atoms with Crippen molar-refractivity contribution in [3.05, 3.63) is 58.1 Å². The Kier molecular flexibility index (Phi) is 5.14. The second-order valence-electron chi connectivity index (χ2n) is 4.88. The first-order valence-corrected chi connectivity index (χ1v) is 6.92. The molecule has 0 saturated carbocycles. The first kappa shape index (κ1) is 16.3. The Morgan fingerprint density at radius 3 is 2.65 bits per heavy atom. The largest absolute Gasteiger partial charge is 0.490 e. The average Bonchev–Trinajstić information content (AvgIpc) is 2.52. The summed E-state index contributed by atoms with van der Waals surface area (Å²) in [6.45, 7) is 1.96. The van der Waals surface area contributed by atoms with Crippen LogP contribution in [0.3, 0.4) is 0 Å². The van der Waals surface area contributed by atoms with Gasteiger partial charge >= 0.3 is 5.69 Å². The minimum atomic E-state index is -0.487. The second-order valence-corrected chi connectivity index (χ2v) is 4.88. The van der Waals surface area contributed by atoms with E-state index < -0.39 is 4.92 Å². The van der Waals surface area contributed by atoms with Gasteiger partial charge in [-0.2, -0.15) is 0 Å². The molecule has 0 aliphatic carbocycles. The van der Waals surface area contributed by atoms with Gasteiger partial charge in [0.2, 0.25) is 5.91 Å². The van der Waals surface area contributed by atoms with Crippen LogP contribution in [0, 0.1) is 10.1 Å². The maximum absolute atomic E-state index is 11.1. The van der Waals surface area contributed by atoms with Gasteiger partial charge in [0.05, 0.1) is 12.0 Å². The van der Waals surface area contributed by atoms with Crippen LogP contribution in [-0.2, 0) is 11.3 Å². The van der Waals surface area contributed by atoms with Crippen LogP contribution in [0.2, 0.25) is 0 Å². The van der Waals surface area contributed by atoms with Crippen molar-refractivity contribution in [1.82, 2.24) is 0 Å². The summed E-state index contributed by atoms with van der Waals surface area (Å²) < 4.78 is 5.03. The predicted molar refractivity (Wildman–Crippen MR) is 87.7 cm³/mol. The molecule has 1 amide bonds. The third kappa shape index (κ3) is 4.44. The number of amides is 1. The van der Waals surface area contributed by atoms with E-state index in [0.29, 0.717) is 12.2 Å². The molecular weight excluding hydrogens is 298 g/mol. The number of ether oxygens (including phenoxy) is 1. The number of nitro benzene ring substituents is 1. The summed E-state index contributed by atoms with van der Waals surface area (Å²) in [5.74, 6) is 0.0715. The van der Waals surface area contributed by atoms with Crippen molar-refractivity contribution in [1.29, 1.82) is 0 Å². The van der Waals surface area contributed by atoms with Crippen LogP contribution in [0.4, 0.5) is 17.1 Å². The number of nitro groups is 1. The molecule has 7 nitrogen and oxygen atoms in total. The molecule has 0 fully saturated rings. The molecule has 0 heterocycles. The third-order valence-corrected chi connectivity index (χ3v) is 3.12. The number of anilines is 2. The van der Waals surface area contributed by atoms with E-state index in [1.165, 1.54) is 20.1 Å². The van der Waals surface area contributed by atoms with Crippen molar-refractivity contribution < 1.29 is 14.5 Å². The number of carbonyl (C=O) groups excluding carboxylic acids is 1. The van der Waals surface area contributed by atoms with E-state index >= 15 is 0 Å². The fraction of sp³-hybridized carbons (Fsp3) is 0.188. The Morgan fingerprint density at radius 2 is 2.00 bits per heavy atom. The van der Waals surface area contributed by atoms with Crippen molar-refractivity contribution in [2.45, 2.75) is 13.5 Å². The van der Waals surface area contributed by atoms with E-state index in [1.54, 1.807) is 18.2 Å². The van der Waals surface area contributed by atoms with Gasteiger partial charge in [-0.3, -0.25) is 14.9 Å². The number of methoxy groups -OCH3 is 1. The molecule has 0 spiro atoms. The number of hydrogen-bond donors (Lipinski definition) is 2. The van der Waals surface area contributed by atoms with Gasteiger partial charge in [0.1, 0.15) is 0 Å². The maximum atomic E-state index is 11.1. The predicted octanol–water partition coefficient (Wildman–Crippen LogP) is 3.17. The number of hydrogen-bond acceptors (Lipinski definition) is 5. The Labute approximate surface area is 133 Å². The molecule has 0 bridgehead atoms. The summed E-state index contributed by atoms with van der Waals surface area (Å²) in [6.07, 6.45) is 0. The summed E-state index contributed by atoms with van der Waals surface area (Å²) in [5, 5.41) is 16.8. The van der Waals surface area contributed by atoms with Gasteiger partial charge in [-0.1, -0.05) is 12.1 Å². The number of nitrogens with one attached hydrogen (secondary N) is 2. The van der Waals surface area contributed by atoms with Gasteiger partial charge in [-0.15, -0.1) is 0 Å². The summed E-state index contributed by atoms with van der Waals surface area (Å²) in [6, 6.07) is 12.0. The molecule has 0 radical (unpaired) electrons. The first-order valence-electron chi connectivity index (χ1n) is 6.92. The lowest BCUT2D eigenvalue weighted by molar-refractivity contribution is -0.385. The molecule has 120 valence electrons. The average molecular weight is 315 g/mol. The molecule has 0 aliphatic rings. The first-order chi connectivity index (χ1) is 11.0. The fourth-order valence-electron chi connectivity index (χ4n) is 2.10. The van der Waals surface area contributed by atoms with Crippen LogP contribution in [-0.4, -0.2) is 17.9 Å². The molecular formula is C16H17N3O4. The van der Waals surface area contributed by atoms with Crippen molar-refractivity contribution in [2.75, 3.05) is 17.7 Å². The summed E-state index contributed by atoms with van der Waals surface area (Å²) >= 11 is 0. The summed E-state index contributed by atoms with van der Waals surface area (Å²) in [5.41, 5.74) is 2.31. The highest BCUT2D eigenvalue weighted by molar-refractivity contribution is 5.88. The van der Waals surface area contributed by atoms with E-state index in [-0.39, 0.29) is 17.3 Å². The monoisotopic (exact) mass is 315 g/mol. The van der Waals surface area contributed by atoms with E-state index in [9.17, 15) is 14.9 Å². The number of benzene rings is 2. The molecule has 0 aliphatic heterocycles. The summed E-state index contributed by atoms with van der Waals surface area (Å²) in [7, 11) is 1.39. The molecule has 2 aromatic carbocycles. The Balaban J connectivity index is 2.09. The Hall–Kier alpha value is -3.09. The quantitative estimate of drug-likeness (QED) is 0.631. The Bertz CT molecular complexity index is 731. The van der Waals surface area contributed by atoms with Crippen LogP contribution < -0.4 is 15.4 Å². The van der Waals surface area contributed by atoms with Crippen LogP contribution in [0.15, 0.2) is 42.5 Å². The zero-order chi connectivity index (χ0) is 16.8. The van der Waals surface area contributed by atoms with Gasteiger partial charge in [-0.25, -0.2) is 0 Å². The fourth-order valence-corrected chi connectivity index (χ4v) is 2.10. The highest BCUT2D eigenvalue weighted by Gasteiger charge is 2.14. The van der Waals surface area contributed by atoms with Crippen molar-refractivity contribution >= 4 is 23.0 Å². The highest BCUT2D eigenvalue weighted by Crippen LogP contribution is 2.29. The van der Waals surface area contributed by atoms with Crippen LogP contribution >= 0.6 is 0 Å². The topological polar surface area (TPSA) is 93.5 Å². The number of nitrogens with zero attached hydrogens (tertiary/aromatic N) is 1. The molecule has 23 heavy (non-hydrogen) atoms. The maximum Gasteiger partial charge on any atom is 0.311 e.